The molecule has 1 fully saturated rings. The molecule has 0 aliphatic heterocycles. The normalized spacial score (nSPS) is 16.1. The van der Waals surface area contributed by atoms with Crippen molar-refractivity contribution in [3.05, 3.63) is 42.0 Å². The quantitative estimate of drug-likeness (QED) is 0.605. The van der Waals surface area contributed by atoms with Gasteiger partial charge in [0.2, 0.25) is 0 Å². The van der Waals surface area contributed by atoms with E-state index in [2.05, 4.69) is 35.8 Å². The van der Waals surface area contributed by atoms with Crippen LogP contribution in [0.1, 0.15) is 31.2 Å². The number of benzene rings is 2. The number of fused-ring (bicyclic) bond motifs is 1. The summed E-state index contributed by atoms with van der Waals surface area (Å²) in [5.41, 5.74) is 4.33. The molecule has 2 aromatic rings. The molecule has 0 spiro atoms. The summed E-state index contributed by atoms with van der Waals surface area (Å²) in [6.45, 7) is 0. The van der Waals surface area contributed by atoms with Crippen molar-refractivity contribution < 1.29 is 4.74 Å². The number of hydrogen-bond donors (Lipinski definition) is 2. The van der Waals surface area contributed by atoms with E-state index >= 15 is 0 Å². The van der Waals surface area contributed by atoms with Crippen LogP contribution in [0.5, 0.6) is 5.75 Å². The van der Waals surface area contributed by atoms with Crippen molar-refractivity contribution in [1.82, 2.24) is 5.43 Å². The Morgan fingerprint density at radius 1 is 1.29 bits per heavy atom. The highest BCUT2D eigenvalue weighted by molar-refractivity contribution is 5.87. The molecule has 1 aliphatic carbocycles. The molecule has 1 saturated carbocycles. The molecular formula is C18H24N2O. The van der Waals surface area contributed by atoms with Gasteiger partial charge in [0, 0.05) is 6.04 Å². The van der Waals surface area contributed by atoms with Crippen LogP contribution in [0.2, 0.25) is 0 Å². The zero-order valence-corrected chi connectivity index (χ0v) is 12.6. The van der Waals surface area contributed by atoms with E-state index in [1.807, 2.05) is 6.07 Å². The van der Waals surface area contributed by atoms with Crippen molar-refractivity contribution in [2.75, 3.05) is 7.11 Å². The molecule has 3 nitrogen and oxygen atoms in total. The molecule has 0 saturated heterocycles. The SMILES string of the molecule is COc1ccc2cccc(CC(CCC3CC3)NN)c2c1. The van der Waals surface area contributed by atoms with Gasteiger partial charge >= 0.3 is 0 Å². The number of methoxy groups -OCH3 is 1. The van der Waals surface area contributed by atoms with Gasteiger partial charge in [0.15, 0.2) is 0 Å². The van der Waals surface area contributed by atoms with Gasteiger partial charge in [-0.15, -0.1) is 0 Å². The summed E-state index contributed by atoms with van der Waals surface area (Å²) in [7, 11) is 1.71. The monoisotopic (exact) mass is 284 g/mol. The lowest BCUT2D eigenvalue weighted by Gasteiger charge is -2.17. The third-order valence-electron chi connectivity index (χ3n) is 4.50. The van der Waals surface area contributed by atoms with Gasteiger partial charge in [-0.25, -0.2) is 0 Å². The van der Waals surface area contributed by atoms with E-state index in [9.17, 15) is 0 Å². The number of hydrazine groups is 1. The highest BCUT2D eigenvalue weighted by atomic mass is 16.5. The Bertz CT molecular complexity index is 607. The maximum atomic E-state index is 5.75. The molecule has 1 unspecified atom stereocenters. The van der Waals surface area contributed by atoms with Gasteiger partial charge in [0.25, 0.3) is 0 Å². The van der Waals surface area contributed by atoms with Crippen LogP contribution < -0.4 is 16.0 Å². The van der Waals surface area contributed by atoms with E-state index in [1.165, 1.54) is 35.6 Å². The second kappa shape index (κ2) is 6.46. The topological polar surface area (TPSA) is 47.3 Å². The van der Waals surface area contributed by atoms with E-state index in [-0.39, 0.29) is 0 Å². The van der Waals surface area contributed by atoms with Crippen LogP contribution in [0.25, 0.3) is 10.8 Å². The molecule has 3 heteroatoms. The number of nitrogens with two attached hydrogens (primary N) is 1. The van der Waals surface area contributed by atoms with E-state index in [0.29, 0.717) is 6.04 Å². The first-order valence-corrected chi connectivity index (χ1v) is 7.82. The standard InChI is InChI=1S/C18H24N2O/c1-21-17-10-8-14-3-2-4-15(18(14)12-17)11-16(20-19)9-7-13-5-6-13/h2-4,8,10,12-13,16,20H,5-7,9,11,19H2,1H3. The lowest BCUT2D eigenvalue weighted by atomic mass is 9.96. The Morgan fingerprint density at radius 2 is 2.14 bits per heavy atom. The summed E-state index contributed by atoms with van der Waals surface area (Å²) in [4.78, 5) is 0. The summed E-state index contributed by atoms with van der Waals surface area (Å²) < 4.78 is 5.36. The van der Waals surface area contributed by atoms with Gasteiger partial charge < -0.3 is 4.74 Å². The van der Waals surface area contributed by atoms with Crippen molar-refractivity contribution in [3.63, 3.8) is 0 Å². The van der Waals surface area contributed by atoms with Crippen LogP contribution in [0.3, 0.4) is 0 Å². The number of nitrogens with one attached hydrogen (secondary N) is 1. The molecule has 3 N–H and O–H groups in total. The molecule has 3 rings (SSSR count). The predicted octanol–water partition coefficient (Wildman–Crippen LogP) is 3.41. The molecule has 1 atom stereocenters. The largest absolute Gasteiger partial charge is 0.497 e. The maximum Gasteiger partial charge on any atom is 0.119 e. The van der Waals surface area contributed by atoms with Crippen molar-refractivity contribution in [2.24, 2.45) is 11.8 Å². The highest BCUT2D eigenvalue weighted by Crippen LogP contribution is 2.34. The summed E-state index contributed by atoms with van der Waals surface area (Å²) in [6, 6.07) is 13.1. The molecule has 0 bridgehead atoms. The lowest BCUT2D eigenvalue weighted by molar-refractivity contribution is 0.415. The minimum absolute atomic E-state index is 0.349. The molecule has 112 valence electrons. The van der Waals surface area contributed by atoms with Gasteiger partial charge in [-0.2, -0.15) is 0 Å². The van der Waals surface area contributed by atoms with E-state index in [1.54, 1.807) is 7.11 Å². The molecule has 0 amide bonds. The fourth-order valence-electron chi connectivity index (χ4n) is 2.97. The van der Waals surface area contributed by atoms with E-state index < -0.39 is 0 Å². The molecular weight excluding hydrogens is 260 g/mol. The van der Waals surface area contributed by atoms with Crippen LogP contribution in [0.15, 0.2) is 36.4 Å². The van der Waals surface area contributed by atoms with Gasteiger partial charge in [0.1, 0.15) is 5.75 Å². The fraction of sp³-hybridized carbons (Fsp3) is 0.444. The third-order valence-corrected chi connectivity index (χ3v) is 4.50. The predicted molar refractivity (Wildman–Crippen MR) is 87.3 cm³/mol. The van der Waals surface area contributed by atoms with Crippen molar-refractivity contribution >= 4 is 10.8 Å². The summed E-state index contributed by atoms with van der Waals surface area (Å²) in [5, 5.41) is 2.52. The lowest BCUT2D eigenvalue weighted by Crippen LogP contribution is -2.36. The molecule has 0 radical (unpaired) electrons. The fourth-order valence-corrected chi connectivity index (χ4v) is 2.97. The van der Waals surface area contributed by atoms with Crippen LogP contribution in [0.4, 0.5) is 0 Å². The number of rotatable bonds is 7. The number of ether oxygens (including phenoxy) is 1. The minimum Gasteiger partial charge on any atom is -0.497 e. The second-order valence-electron chi connectivity index (χ2n) is 6.09. The van der Waals surface area contributed by atoms with E-state index in [0.717, 1.165) is 24.5 Å². The smallest absolute Gasteiger partial charge is 0.119 e. The van der Waals surface area contributed by atoms with Crippen molar-refractivity contribution in [3.8, 4) is 5.75 Å². The third kappa shape index (κ3) is 3.55. The minimum atomic E-state index is 0.349. The first-order valence-electron chi connectivity index (χ1n) is 7.82. The van der Waals surface area contributed by atoms with Gasteiger partial charge in [-0.1, -0.05) is 37.1 Å². The van der Waals surface area contributed by atoms with Crippen molar-refractivity contribution in [1.29, 1.82) is 0 Å². The first-order chi connectivity index (χ1) is 10.3. The maximum absolute atomic E-state index is 5.75. The molecule has 1 aliphatic rings. The zero-order chi connectivity index (χ0) is 14.7. The van der Waals surface area contributed by atoms with Crippen molar-refractivity contribution in [2.45, 2.75) is 38.1 Å². The molecule has 2 aromatic carbocycles. The summed E-state index contributed by atoms with van der Waals surface area (Å²) >= 11 is 0. The average Bonchev–Trinajstić information content (AvgIpc) is 3.35. The second-order valence-corrected chi connectivity index (χ2v) is 6.09. The van der Waals surface area contributed by atoms with Gasteiger partial charge in [0.05, 0.1) is 7.11 Å². The van der Waals surface area contributed by atoms with Crippen LogP contribution in [0, 0.1) is 5.92 Å². The Labute approximate surface area is 126 Å². The van der Waals surface area contributed by atoms with Gasteiger partial charge in [-0.05, 0) is 53.6 Å². The Balaban J connectivity index is 1.80. The van der Waals surface area contributed by atoms with Crippen LogP contribution >= 0.6 is 0 Å². The Hall–Kier alpha value is -1.58. The summed E-state index contributed by atoms with van der Waals surface area (Å²) in [5.74, 6) is 7.61. The first kappa shape index (κ1) is 14.4. The molecule has 21 heavy (non-hydrogen) atoms. The Morgan fingerprint density at radius 3 is 2.86 bits per heavy atom. The van der Waals surface area contributed by atoms with Crippen LogP contribution in [-0.2, 0) is 6.42 Å². The van der Waals surface area contributed by atoms with Gasteiger partial charge in [-0.3, -0.25) is 11.3 Å². The number of hydrogen-bond acceptors (Lipinski definition) is 3. The highest BCUT2D eigenvalue weighted by Gasteiger charge is 2.22. The average molecular weight is 284 g/mol. The zero-order valence-electron chi connectivity index (χ0n) is 12.6. The van der Waals surface area contributed by atoms with Crippen LogP contribution in [-0.4, -0.2) is 13.2 Å². The molecule has 0 aromatic heterocycles. The Kier molecular flexibility index (Phi) is 4.42. The van der Waals surface area contributed by atoms with E-state index in [4.69, 9.17) is 10.6 Å². The molecule has 0 heterocycles. The summed E-state index contributed by atoms with van der Waals surface area (Å²) in [6.07, 6.45) is 6.23.